The summed E-state index contributed by atoms with van der Waals surface area (Å²) >= 11 is 0. The third kappa shape index (κ3) is 3.50. The van der Waals surface area contributed by atoms with Crippen molar-refractivity contribution in [3.8, 4) is 0 Å². The number of aliphatic hydroxyl groups is 3. The molecule has 248 valence electrons. The molecule has 3 N–H and O–H groups in total. The summed E-state index contributed by atoms with van der Waals surface area (Å²) < 4.78 is 31.5. The standard InChI is InChI=1S/C34H47NO10/c1-7-31-16-35(8-2)26-23-24(42-5)25(31)33(26,21(41-4)14-20(31)37)19-15-32(40)28(44-30(39)18-12-10-9-11-13-18)22(19)34(23,45-17(3)36)27(38)29(32)43-6/h9-13,19-29,37-38,40H,7-8,14-16H2,1-6H3/t19-,20+,21?,22?,23?,24?,25?,26?,27-,28?,29-,31?,32+,33?,34+/m0/s1. The van der Waals surface area contributed by atoms with Crippen molar-refractivity contribution >= 4 is 11.9 Å². The van der Waals surface area contributed by atoms with Gasteiger partial charge in [0, 0.05) is 75.8 Å². The molecule has 7 bridgehead atoms. The van der Waals surface area contributed by atoms with Crippen LogP contribution in [0.15, 0.2) is 30.3 Å². The van der Waals surface area contributed by atoms with Crippen LogP contribution in [0.25, 0.3) is 0 Å². The number of carbonyl (C=O) groups is 2. The highest BCUT2D eigenvalue weighted by Crippen LogP contribution is 2.81. The Morgan fingerprint density at radius 3 is 2.29 bits per heavy atom. The fourth-order valence-corrected chi connectivity index (χ4v) is 12.4. The molecule has 7 rings (SSSR count). The molecule has 1 aliphatic heterocycles. The average molecular weight is 630 g/mol. The molecule has 0 aromatic heterocycles. The molecule has 1 aromatic carbocycles. The molecule has 45 heavy (non-hydrogen) atoms. The highest BCUT2D eigenvalue weighted by Gasteiger charge is 2.92. The van der Waals surface area contributed by atoms with Gasteiger partial charge in [0.1, 0.15) is 23.9 Å². The number of piperidine rings is 1. The van der Waals surface area contributed by atoms with Crippen molar-refractivity contribution in [1.82, 2.24) is 4.90 Å². The SMILES string of the molecule is CCN1CC2(CC)C3C(OC)C4C1C3(C(OC)C[C@H]2O)[C@H]1C[C@@]2(O)C(OC(=O)c3ccccc3)C1[C@]4(OC(C)=O)[C@@H](O)[C@@H]2OC. The Morgan fingerprint density at radius 2 is 1.71 bits per heavy atom. The summed E-state index contributed by atoms with van der Waals surface area (Å²) in [5, 5.41) is 37.2. The molecule has 0 amide bonds. The number of likely N-dealkylation sites (tertiary alicyclic amines) is 1. The molecule has 0 radical (unpaired) electrons. The van der Waals surface area contributed by atoms with Gasteiger partial charge in [-0.1, -0.05) is 32.0 Å². The monoisotopic (exact) mass is 629 g/mol. The minimum absolute atomic E-state index is 0.118. The van der Waals surface area contributed by atoms with E-state index in [1.54, 1.807) is 44.6 Å². The van der Waals surface area contributed by atoms with Crippen LogP contribution in [0.1, 0.15) is 50.4 Å². The molecule has 6 fully saturated rings. The molecule has 1 saturated heterocycles. The lowest BCUT2D eigenvalue weighted by molar-refractivity contribution is -0.321. The Balaban J connectivity index is 1.53. The van der Waals surface area contributed by atoms with E-state index < -0.39 is 88.3 Å². The van der Waals surface area contributed by atoms with E-state index >= 15 is 0 Å². The molecule has 15 atom stereocenters. The van der Waals surface area contributed by atoms with E-state index in [1.807, 2.05) is 0 Å². The third-order valence-electron chi connectivity index (χ3n) is 13.4. The molecular formula is C34H47NO10. The third-order valence-corrected chi connectivity index (χ3v) is 13.4. The molecule has 1 heterocycles. The van der Waals surface area contributed by atoms with Crippen molar-refractivity contribution in [3.63, 3.8) is 0 Å². The zero-order valence-corrected chi connectivity index (χ0v) is 26.9. The summed E-state index contributed by atoms with van der Waals surface area (Å²) in [6, 6.07) is 8.29. The van der Waals surface area contributed by atoms with Crippen LogP contribution in [0, 0.1) is 34.5 Å². The van der Waals surface area contributed by atoms with Crippen LogP contribution in [-0.2, 0) is 28.5 Å². The lowest BCUT2D eigenvalue weighted by Gasteiger charge is -2.70. The Hall–Kier alpha value is -2.12. The van der Waals surface area contributed by atoms with Gasteiger partial charge in [0.05, 0.1) is 23.9 Å². The second-order valence-electron chi connectivity index (χ2n) is 14.3. The number of ether oxygens (including phenoxy) is 5. The maximum atomic E-state index is 13.7. The van der Waals surface area contributed by atoms with Gasteiger partial charge in [-0.15, -0.1) is 0 Å². The van der Waals surface area contributed by atoms with Crippen LogP contribution in [0.4, 0.5) is 0 Å². The number of fused-ring (bicyclic) bond motifs is 2. The first-order chi connectivity index (χ1) is 21.5. The molecular weight excluding hydrogens is 582 g/mol. The summed E-state index contributed by atoms with van der Waals surface area (Å²) in [6.07, 6.45) is -4.36. The zero-order valence-electron chi connectivity index (χ0n) is 26.9. The number of hydrogen-bond acceptors (Lipinski definition) is 11. The van der Waals surface area contributed by atoms with Crippen LogP contribution in [-0.4, -0.2) is 120 Å². The van der Waals surface area contributed by atoms with E-state index in [4.69, 9.17) is 23.7 Å². The maximum absolute atomic E-state index is 13.7. The Kier molecular flexibility index (Phi) is 7.30. The van der Waals surface area contributed by atoms with Crippen molar-refractivity contribution < 1.29 is 48.6 Å². The van der Waals surface area contributed by atoms with Crippen LogP contribution in [0.2, 0.25) is 0 Å². The van der Waals surface area contributed by atoms with Gasteiger partial charge in [0.2, 0.25) is 0 Å². The summed E-state index contributed by atoms with van der Waals surface area (Å²) in [5.41, 5.74) is -4.40. The van der Waals surface area contributed by atoms with Crippen molar-refractivity contribution in [2.75, 3.05) is 34.4 Å². The molecule has 11 nitrogen and oxygen atoms in total. The van der Waals surface area contributed by atoms with Crippen molar-refractivity contribution in [3.05, 3.63) is 35.9 Å². The lowest BCUT2D eigenvalue weighted by Crippen LogP contribution is -2.81. The maximum Gasteiger partial charge on any atom is 0.338 e. The van der Waals surface area contributed by atoms with Gasteiger partial charge < -0.3 is 39.0 Å². The number of aliphatic hydroxyl groups excluding tert-OH is 2. The zero-order chi connectivity index (χ0) is 32.3. The number of methoxy groups -OCH3 is 3. The summed E-state index contributed by atoms with van der Waals surface area (Å²) in [4.78, 5) is 29.3. The number of hydrogen-bond donors (Lipinski definition) is 3. The highest BCUT2D eigenvalue weighted by molar-refractivity contribution is 5.89. The van der Waals surface area contributed by atoms with E-state index in [-0.39, 0.29) is 18.4 Å². The van der Waals surface area contributed by atoms with Crippen LogP contribution in [0.3, 0.4) is 0 Å². The van der Waals surface area contributed by atoms with Gasteiger partial charge in [0.25, 0.3) is 0 Å². The first-order valence-corrected chi connectivity index (χ1v) is 16.4. The van der Waals surface area contributed by atoms with E-state index in [9.17, 15) is 24.9 Å². The molecule has 11 heteroatoms. The average Bonchev–Trinajstić information content (AvgIpc) is 3.40. The van der Waals surface area contributed by atoms with E-state index in [1.165, 1.54) is 14.0 Å². The first kappa shape index (κ1) is 31.5. The Bertz CT molecular complexity index is 1350. The molecule has 5 aliphatic carbocycles. The van der Waals surface area contributed by atoms with Crippen LogP contribution >= 0.6 is 0 Å². The highest BCUT2D eigenvalue weighted by atomic mass is 16.6. The van der Waals surface area contributed by atoms with E-state index in [0.717, 1.165) is 0 Å². The van der Waals surface area contributed by atoms with Crippen molar-refractivity contribution in [1.29, 1.82) is 0 Å². The van der Waals surface area contributed by atoms with Gasteiger partial charge in [-0.3, -0.25) is 9.69 Å². The number of nitrogens with zero attached hydrogens (tertiary/aromatic N) is 1. The normalized spacial score (nSPS) is 50.7. The Labute approximate surface area is 264 Å². The smallest absolute Gasteiger partial charge is 0.338 e. The summed E-state index contributed by atoms with van der Waals surface area (Å²) in [6.45, 7) is 6.75. The van der Waals surface area contributed by atoms with Gasteiger partial charge in [-0.05, 0) is 37.4 Å². The second kappa shape index (κ2) is 10.4. The van der Waals surface area contributed by atoms with Gasteiger partial charge in [-0.2, -0.15) is 0 Å². The molecule has 9 unspecified atom stereocenters. The molecule has 1 aromatic rings. The van der Waals surface area contributed by atoms with Crippen LogP contribution in [0.5, 0.6) is 0 Å². The topological polar surface area (TPSA) is 144 Å². The number of esters is 2. The van der Waals surface area contributed by atoms with Gasteiger partial charge in [-0.25, -0.2) is 4.79 Å². The minimum Gasteiger partial charge on any atom is -0.455 e. The van der Waals surface area contributed by atoms with Crippen molar-refractivity contribution in [2.45, 2.75) is 93.9 Å². The number of carbonyl (C=O) groups excluding carboxylic acids is 2. The van der Waals surface area contributed by atoms with E-state index in [2.05, 4.69) is 18.7 Å². The predicted octanol–water partition coefficient (Wildman–Crippen LogP) is 1.41. The quantitative estimate of drug-likeness (QED) is 0.359. The fraction of sp³-hybridized carbons (Fsp3) is 0.765. The summed E-state index contributed by atoms with van der Waals surface area (Å²) in [7, 11) is 4.71. The summed E-state index contributed by atoms with van der Waals surface area (Å²) in [5.74, 6) is -3.34. The van der Waals surface area contributed by atoms with E-state index in [0.29, 0.717) is 31.5 Å². The number of rotatable bonds is 8. The molecule has 6 aliphatic rings. The Morgan fingerprint density at radius 1 is 1.00 bits per heavy atom. The van der Waals surface area contributed by atoms with Gasteiger partial charge >= 0.3 is 11.9 Å². The molecule has 1 spiro atoms. The predicted molar refractivity (Wildman–Crippen MR) is 159 cm³/mol. The van der Waals surface area contributed by atoms with Crippen molar-refractivity contribution in [2.24, 2.45) is 34.5 Å². The largest absolute Gasteiger partial charge is 0.455 e. The lowest BCUT2D eigenvalue weighted by atomic mass is 9.42. The first-order valence-electron chi connectivity index (χ1n) is 16.4. The van der Waals surface area contributed by atoms with Crippen LogP contribution < -0.4 is 0 Å². The van der Waals surface area contributed by atoms with Gasteiger partial charge in [0.15, 0.2) is 5.60 Å². The minimum atomic E-state index is -1.80. The molecule has 5 saturated carbocycles. The second-order valence-corrected chi connectivity index (χ2v) is 14.3. The number of benzene rings is 1. The fourth-order valence-electron chi connectivity index (χ4n) is 12.4.